The van der Waals surface area contributed by atoms with Crippen LogP contribution in [0.2, 0.25) is 0 Å². The maximum absolute atomic E-state index is 13.3. The Morgan fingerprint density at radius 1 is 1.57 bits per heavy atom. The second-order valence-electron chi connectivity index (χ2n) is 2.33. The number of alkyl halides is 1. The van der Waals surface area contributed by atoms with Crippen molar-refractivity contribution >= 4 is 21.6 Å². The minimum atomic E-state index is -0.883. The highest BCUT2D eigenvalue weighted by Gasteiger charge is 2.15. The molecule has 0 bridgehead atoms. The summed E-state index contributed by atoms with van der Waals surface area (Å²) in [4.78, 5) is 9.59. The van der Waals surface area contributed by atoms with Crippen molar-refractivity contribution in [2.75, 3.05) is 5.33 Å². The van der Waals surface area contributed by atoms with Crippen molar-refractivity contribution in [2.24, 2.45) is 0 Å². The summed E-state index contributed by atoms with van der Waals surface area (Å²) in [5.74, 6) is 4.17. The third-order valence-corrected chi connectivity index (χ3v) is 1.75. The first-order valence-electron chi connectivity index (χ1n) is 3.64. The standard InChI is InChI=1S/C9H5BrFNO2/c10-6-2-4-7-3-1-5-8(9(7)11)12(13)14/h1,3,5H,6H2. The highest BCUT2D eigenvalue weighted by atomic mass is 79.9. The van der Waals surface area contributed by atoms with E-state index >= 15 is 0 Å². The van der Waals surface area contributed by atoms with E-state index in [1.54, 1.807) is 0 Å². The zero-order valence-corrected chi connectivity index (χ0v) is 8.54. The van der Waals surface area contributed by atoms with Gasteiger partial charge in [0, 0.05) is 6.07 Å². The van der Waals surface area contributed by atoms with E-state index in [9.17, 15) is 14.5 Å². The summed E-state index contributed by atoms with van der Waals surface area (Å²) in [5.41, 5.74) is -0.509. The molecule has 0 aliphatic carbocycles. The summed E-state index contributed by atoms with van der Waals surface area (Å²) >= 11 is 3.05. The molecule has 0 aliphatic heterocycles. The smallest absolute Gasteiger partial charge is 0.258 e. The Kier molecular flexibility index (Phi) is 3.60. The SMILES string of the molecule is O=[N+]([O-])c1cccc(C#CCBr)c1F. The van der Waals surface area contributed by atoms with Crippen LogP contribution in [0.4, 0.5) is 10.1 Å². The normalized spacial score (nSPS) is 9.00. The third kappa shape index (κ3) is 2.30. The molecule has 0 unspecified atom stereocenters. The summed E-state index contributed by atoms with van der Waals surface area (Å²) in [7, 11) is 0. The van der Waals surface area contributed by atoms with Gasteiger partial charge in [-0.25, -0.2) is 0 Å². The zero-order valence-electron chi connectivity index (χ0n) is 6.96. The minimum absolute atomic E-state index is 0.0404. The Balaban J connectivity index is 3.20. The molecule has 0 aliphatic rings. The lowest BCUT2D eigenvalue weighted by atomic mass is 10.2. The maximum atomic E-state index is 13.3. The Hall–Kier alpha value is -1.41. The van der Waals surface area contributed by atoms with Gasteiger partial charge in [-0.1, -0.05) is 33.8 Å². The van der Waals surface area contributed by atoms with Crippen LogP contribution >= 0.6 is 15.9 Å². The molecule has 1 aromatic rings. The number of hydrogen-bond donors (Lipinski definition) is 0. The second kappa shape index (κ2) is 4.72. The van der Waals surface area contributed by atoms with Crippen molar-refractivity contribution in [3.8, 4) is 11.8 Å². The van der Waals surface area contributed by atoms with Gasteiger partial charge in [-0.05, 0) is 6.07 Å². The first kappa shape index (κ1) is 10.7. The molecule has 1 rings (SSSR count). The van der Waals surface area contributed by atoms with E-state index in [1.165, 1.54) is 12.1 Å². The predicted molar refractivity (Wildman–Crippen MR) is 53.7 cm³/mol. The van der Waals surface area contributed by atoms with Crippen LogP contribution in [0.5, 0.6) is 0 Å². The summed E-state index contributed by atoms with van der Waals surface area (Å²) in [5, 5.41) is 10.8. The Labute approximate surface area is 88.2 Å². The number of halogens is 2. The fourth-order valence-electron chi connectivity index (χ4n) is 0.886. The van der Waals surface area contributed by atoms with E-state index in [4.69, 9.17) is 0 Å². The fourth-order valence-corrected chi connectivity index (χ4v) is 1.03. The number of benzene rings is 1. The predicted octanol–water partition coefficient (Wildman–Crippen LogP) is 2.48. The molecule has 0 saturated heterocycles. The lowest BCUT2D eigenvalue weighted by molar-refractivity contribution is -0.387. The van der Waals surface area contributed by atoms with Crippen LogP contribution in [0.15, 0.2) is 18.2 Å². The Morgan fingerprint density at radius 3 is 2.86 bits per heavy atom. The number of nitro groups is 1. The largest absolute Gasteiger partial charge is 0.306 e. The molecular weight excluding hydrogens is 253 g/mol. The van der Waals surface area contributed by atoms with Gasteiger partial charge in [0.2, 0.25) is 5.82 Å². The first-order chi connectivity index (χ1) is 6.66. The van der Waals surface area contributed by atoms with Gasteiger partial charge in [-0.3, -0.25) is 10.1 Å². The first-order valence-corrected chi connectivity index (χ1v) is 4.76. The molecule has 5 heteroatoms. The van der Waals surface area contributed by atoms with E-state index in [0.717, 1.165) is 6.07 Å². The van der Waals surface area contributed by atoms with Crippen LogP contribution in [0.1, 0.15) is 5.56 Å². The van der Waals surface area contributed by atoms with E-state index in [-0.39, 0.29) is 5.56 Å². The molecule has 3 nitrogen and oxygen atoms in total. The third-order valence-electron chi connectivity index (χ3n) is 1.46. The minimum Gasteiger partial charge on any atom is -0.258 e. The van der Waals surface area contributed by atoms with Gasteiger partial charge in [-0.2, -0.15) is 4.39 Å². The molecule has 0 saturated carbocycles. The highest BCUT2D eigenvalue weighted by Crippen LogP contribution is 2.19. The molecule has 0 N–H and O–H groups in total. The lowest BCUT2D eigenvalue weighted by Gasteiger charge is -1.95. The lowest BCUT2D eigenvalue weighted by Crippen LogP contribution is -1.94. The zero-order chi connectivity index (χ0) is 10.6. The monoisotopic (exact) mass is 257 g/mol. The van der Waals surface area contributed by atoms with Crippen molar-refractivity contribution in [3.63, 3.8) is 0 Å². The average Bonchev–Trinajstić information content (AvgIpc) is 2.16. The Bertz CT molecular complexity index is 423. The molecule has 0 amide bonds. The molecule has 0 spiro atoms. The molecule has 0 atom stereocenters. The van der Waals surface area contributed by atoms with Crippen LogP contribution in [0.3, 0.4) is 0 Å². The number of rotatable bonds is 1. The average molecular weight is 258 g/mol. The van der Waals surface area contributed by atoms with Gasteiger partial charge in [0.1, 0.15) is 0 Å². The maximum Gasteiger partial charge on any atom is 0.306 e. The quantitative estimate of drug-likeness (QED) is 0.336. The van der Waals surface area contributed by atoms with Gasteiger partial charge < -0.3 is 0 Å². The molecule has 14 heavy (non-hydrogen) atoms. The molecule has 0 aromatic heterocycles. The van der Waals surface area contributed by atoms with Crippen molar-refractivity contribution in [3.05, 3.63) is 39.7 Å². The van der Waals surface area contributed by atoms with E-state index in [2.05, 4.69) is 27.8 Å². The van der Waals surface area contributed by atoms with Gasteiger partial charge in [0.15, 0.2) is 0 Å². The van der Waals surface area contributed by atoms with Gasteiger partial charge in [0.25, 0.3) is 0 Å². The highest BCUT2D eigenvalue weighted by molar-refractivity contribution is 9.09. The fraction of sp³-hybridized carbons (Fsp3) is 0.111. The van der Waals surface area contributed by atoms with Crippen LogP contribution in [-0.2, 0) is 0 Å². The van der Waals surface area contributed by atoms with E-state index in [0.29, 0.717) is 5.33 Å². The molecule has 0 fully saturated rings. The van der Waals surface area contributed by atoms with Crippen LogP contribution in [0.25, 0.3) is 0 Å². The van der Waals surface area contributed by atoms with Crippen molar-refractivity contribution in [2.45, 2.75) is 0 Å². The van der Waals surface area contributed by atoms with Crippen LogP contribution in [0, 0.1) is 27.8 Å². The number of nitro benzene ring substituents is 1. The number of nitrogens with zero attached hydrogens (tertiary/aromatic N) is 1. The molecule has 72 valence electrons. The van der Waals surface area contributed by atoms with Crippen LogP contribution in [-0.4, -0.2) is 10.3 Å². The van der Waals surface area contributed by atoms with Gasteiger partial charge in [0.05, 0.1) is 15.8 Å². The second-order valence-corrected chi connectivity index (χ2v) is 2.89. The van der Waals surface area contributed by atoms with E-state index in [1.807, 2.05) is 0 Å². The Morgan fingerprint density at radius 2 is 2.29 bits per heavy atom. The van der Waals surface area contributed by atoms with E-state index < -0.39 is 16.4 Å². The topological polar surface area (TPSA) is 43.1 Å². The van der Waals surface area contributed by atoms with Crippen molar-refractivity contribution < 1.29 is 9.31 Å². The summed E-state index contributed by atoms with van der Waals surface area (Å²) in [6.45, 7) is 0. The summed E-state index contributed by atoms with van der Waals surface area (Å²) in [6, 6.07) is 3.91. The summed E-state index contributed by atoms with van der Waals surface area (Å²) in [6.07, 6.45) is 0. The van der Waals surface area contributed by atoms with Gasteiger partial charge >= 0.3 is 5.69 Å². The summed E-state index contributed by atoms with van der Waals surface area (Å²) < 4.78 is 13.3. The molecule has 1 aromatic carbocycles. The van der Waals surface area contributed by atoms with Gasteiger partial charge in [-0.15, -0.1) is 0 Å². The molecule has 0 heterocycles. The molecular formula is C9H5BrFNO2. The molecule has 0 radical (unpaired) electrons. The van der Waals surface area contributed by atoms with Crippen molar-refractivity contribution in [1.82, 2.24) is 0 Å². The number of hydrogen-bond acceptors (Lipinski definition) is 2. The van der Waals surface area contributed by atoms with Crippen LogP contribution < -0.4 is 0 Å². The van der Waals surface area contributed by atoms with Crippen molar-refractivity contribution in [1.29, 1.82) is 0 Å².